The molecule has 0 aliphatic heterocycles. The normalized spacial score (nSPS) is 11.9. The van der Waals surface area contributed by atoms with Gasteiger partial charge in [-0.1, -0.05) is 12.1 Å². The van der Waals surface area contributed by atoms with Crippen molar-refractivity contribution in [2.45, 2.75) is 46.8 Å². The van der Waals surface area contributed by atoms with Crippen LogP contribution in [0.25, 0.3) is 0 Å². The van der Waals surface area contributed by atoms with E-state index < -0.39 is 0 Å². The first-order valence-corrected chi connectivity index (χ1v) is 7.99. The molecule has 1 aromatic heterocycles. The number of hydrogen-bond donors (Lipinski definition) is 1. The van der Waals surface area contributed by atoms with Crippen LogP contribution in [0.1, 0.15) is 47.6 Å². The van der Waals surface area contributed by atoms with Crippen LogP contribution in [0.15, 0.2) is 22.7 Å². The molecule has 6 nitrogen and oxygen atoms in total. The zero-order valence-corrected chi connectivity index (χ0v) is 14.8. The molecule has 1 atom stereocenters. The molecule has 2 aromatic rings. The number of ether oxygens (including phenoxy) is 2. The first kappa shape index (κ1) is 17.8. The summed E-state index contributed by atoms with van der Waals surface area (Å²) in [5.74, 6) is 1.69. The van der Waals surface area contributed by atoms with Crippen LogP contribution in [0.5, 0.6) is 11.5 Å². The zero-order chi connectivity index (χ0) is 17.7. The summed E-state index contributed by atoms with van der Waals surface area (Å²) in [5.41, 5.74) is 2.25. The van der Waals surface area contributed by atoms with Crippen molar-refractivity contribution < 1.29 is 18.8 Å². The first-order valence-electron chi connectivity index (χ1n) is 7.99. The minimum atomic E-state index is -0.125. The lowest BCUT2D eigenvalue weighted by Gasteiger charge is -2.14. The van der Waals surface area contributed by atoms with Crippen LogP contribution in [-0.2, 0) is 6.61 Å². The highest BCUT2D eigenvalue weighted by Crippen LogP contribution is 2.29. The summed E-state index contributed by atoms with van der Waals surface area (Å²) in [4.78, 5) is 12.2. The third kappa shape index (κ3) is 4.07. The van der Waals surface area contributed by atoms with Gasteiger partial charge in [-0.3, -0.25) is 4.79 Å². The number of aromatic nitrogens is 1. The molecule has 6 heteroatoms. The van der Waals surface area contributed by atoms with Crippen molar-refractivity contribution in [2.75, 3.05) is 7.11 Å². The Kier molecular flexibility index (Phi) is 5.84. The highest BCUT2D eigenvalue weighted by Gasteiger charge is 2.15. The Morgan fingerprint density at radius 3 is 2.67 bits per heavy atom. The summed E-state index contributed by atoms with van der Waals surface area (Å²) in [6, 6.07) is 5.27. The lowest BCUT2D eigenvalue weighted by Crippen LogP contribution is -2.31. The average molecular weight is 332 g/mol. The van der Waals surface area contributed by atoms with Gasteiger partial charge in [0.2, 0.25) is 0 Å². The molecule has 0 aliphatic rings. The molecule has 0 saturated heterocycles. The second kappa shape index (κ2) is 7.86. The fourth-order valence-corrected chi connectivity index (χ4v) is 2.20. The Balaban J connectivity index is 2.13. The number of methoxy groups -OCH3 is 1. The van der Waals surface area contributed by atoms with Crippen LogP contribution in [-0.4, -0.2) is 24.2 Å². The molecule has 0 spiro atoms. The van der Waals surface area contributed by atoms with E-state index in [9.17, 15) is 4.79 Å². The molecule has 1 unspecified atom stereocenters. The zero-order valence-electron chi connectivity index (χ0n) is 14.8. The Bertz CT molecular complexity index is 690. The number of rotatable bonds is 7. The van der Waals surface area contributed by atoms with Crippen molar-refractivity contribution in [1.29, 1.82) is 0 Å². The predicted molar refractivity (Wildman–Crippen MR) is 90.5 cm³/mol. The molecule has 24 heavy (non-hydrogen) atoms. The Hall–Kier alpha value is -2.50. The van der Waals surface area contributed by atoms with E-state index in [0.717, 1.165) is 23.4 Å². The molecule has 1 amide bonds. The third-order valence-electron chi connectivity index (χ3n) is 3.97. The van der Waals surface area contributed by atoms with E-state index in [0.29, 0.717) is 23.7 Å². The highest BCUT2D eigenvalue weighted by molar-refractivity contribution is 5.95. The van der Waals surface area contributed by atoms with Crippen LogP contribution >= 0.6 is 0 Å². The predicted octanol–water partition coefficient (Wildman–Crippen LogP) is 3.41. The molecule has 1 N–H and O–H groups in total. The number of amides is 1. The van der Waals surface area contributed by atoms with Crippen molar-refractivity contribution in [3.05, 3.63) is 40.8 Å². The van der Waals surface area contributed by atoms with E-state index in [1.807, 2.05) is 27.7 Å². The van der Waals surface area contributed by atoms with Crippen molar-refractivity contribution in [3.63, 3.8) is 0 Å². The smallest absolute Gasteiger partial charge is 0.251 e. The fraction of sp³-hybridized carbons (Fsp3) is 0.444. The molecule has 0 saturated carbocycles. The van der Waals surface area contributed by atoms with Crippen LogP contribution in [0.3, 0.4) is 0 Å². The molecule has 0 fully saturated rings. The second-order valence-electron chi connectivity index (χ2n) is 5.74. The van der Waals surface area contributed by atoms with Crippen molar-refractivity contribution >= 4 is 5.91 Å². The summed E-state index contributed by atoms with van der Waals surface area (Å²) in [6.45, 7) is 8.04. The maximum absolute atomic E-state index is 12.2. The second-order valence-corrected chi connectivity index (χ2v) is 5.74. The topological polar surface area (TPSA) is 73.6 Å². The Labute approximate surface area is 142 Å². The van der Waals surface area contributed by atoms with Gasteiger partial charge in [-0.05, 0) is 45.4 Å². The number of benzene rings is 1. The van der Waals surface area contributed by atoms with Gasteiger partial charge in [-0.25, -0.2) is 0 Å². The Morgan fingerprint density at radius 2 is 2.08 bits per heavy atom. The van der Waals surface area contributed by atoms with Crippen LogP contribution in [0.4, 0.5) is 0 Å². The molecule has 0 radical (unpaired) electrons. The van der Waals surface area contributed by atoms with Crippen molar-refractivity contribution in [2.24, 2.45) is 0 Å². The standard InChI is InChI=1S/C18H24N2O4/c1-6-11(2)19-18(21)14-7-8-16(17(9-14)22-5)23-10-15-12(3)20-24-13(15)4/h7-9,11H,6,10H2,1-5H3,(H,19,21). The van der Waals surface area contributed by atoms with E-state index in [-0.39, 0.29) is 11.9 Å². The molecule has 0 aliphatic carbocycles. The minimum absolute atomic E-state index is 0.124. The lowest BCUT2D eigenvalue weighted by atomic mass is 10.1. The maximum atomic E-state index is 12.2. The van der Waals surface area contributed by atoms with Gasteiger partial charge in [0.15, 0.2) is 11.5 Å². The van der Waals surface area contributed by atoms with Gasteiger partial charge in [0.1, 0.15) is 12.4 Å². The van der Waals surface area contributed by atoms with E-state index in [4.69, 9.17) is 14.0 Å². The molecule has 0 bridgehead atoms. The number of aryl methyl sites for hydroxylation is 2. The van der Waals surface area contributed by atoms with Gasteiger partial charge in [-0.15, -0.1) is 0 Å². The average Bonchev–Trinajstić information content (AvgIpc) is 2.90. The van der Waals surface area contributed by atoms with Crippen LogP contribution in [0, 0.1) is 13.8 Å². The monoisotopic (exact) mass is 332 g/mol. The molecule has 2 rings (SSSR count). The lowest BCUT2D eigenvalue weighted by molar-refractivity contribution is 0.0939. The van der Waals surface area contributed by atoms with Gasteiger partial charge in [0, 0.05) is 11.6 Å². The quantitative estimate of drug-likeness (QED) is 0.841. The van der Waals surface area contributed by atoms with Gasteiger partial charge in [0.05, 0.1) is 18.4 Å². The van der Waals surface area contributed by atoms with Crippen molar-refractivity contribution in [1.82, 2.24) is 10.5 Å². The number of carbonyl (C=O) groups excluding carboxylic acids is 1. The Morgan fingerprint density at radius 1 is 1.33 bits per heavy atom. The summed E-state index contributed by atoms with van der Waals surface area (Å²) in [7, 11) is 1.55. The van der Waals surface area contributed by atoms with E-state index in [1.165, 1.54) is 0 Å². The van der Waals surface area contributed by atoms with Crippen molar-refractivity contribution in [3.8, 4) is 11.5 Å². The summed E-state index contributed by atoms with van der Waals surface area (Å²) < 4.78 is 16.3. The highest BCUT2D eigenvalue weighted by atomic mass is 16.5. The molecular weight excluding hydrogens is 308 g/mol. The van der Waals surface area contributed by atoms with Gasteiger partial charge < -0.3 is 19.3 Å². The van der Waals surface area contributed by atoms with Crippen LogP contribution < -0.4 is 14.8 Å². The molecular formula is C18H24N2O4. The fourth-order valence-electron chi connectivity index (χ4n) is 2.20. The van der Waals surface area contributed by atoms with E-state index in [1.54, 1.807) is 25.3 Å². The summed E-state index contributed by atoms with van der Waals surface area (Å²) in [5, 5.41) is 6.83. The number of nitrogens with one attached hydrogen (secondary N) is 1. The number of nitrogens with zero attached hydrogens (tertiary/aromatic N) is 1. The molecule has 1 heterocycles. The molecule has 1 aromatic carbocycles. The van der Waals surface area contributed by atoms with Gasteiger partial charge in [0.25, 0.3) is 5.91 Å². The molecule has 130 valence electrons. The third-order valence-corrected chi connectivity index (χ3v) is 3.97. The number of carbonyl (C=O) groups is 1. The number of hydrogen-bond acceptors (Lipinski definition) is 5. The van der Waals surface area contributed by atoms with Gasteiger partial charge in [-0.2, -0.15) is 0 Å². The largest absolute Gasteiger partial charge is 0.493 e. The summed E-state index contributed by atoms with van der Waals surface area (Å²) in [6.07, 6.45) is 0.876. The van der Waals surface area contributed by atoms with Crippen LogP contribution in [0.2, 0.25) is 0 Å². The van der Waals surface area contributed by atoms with E-state index in [2.05, 4.69) is 10.5 Å². The van der Waals surface area contributed by atoms with E-state index >= 15 is 0 Å². The van der Waals surface area contributed by atoms with Gasteiger partial charge >= 0.3 is 0 Å². The maximum Gasteiger partial charge on any atom is 0.251 e. The summed E-state index contributed by atoms with van der Waals surface area (Å²) >= 11 is 0. The first-order chi connectivity index (χ1) is 11.5. The SMILES string of the molecule is CCC(C)NC(=O)c1ccc(OCc2c(C)noc2C)c(OC)c1. The minimum Gasteiger partial charge on any atom is -0.493 e.